The number of ether oxygens (including phenoxy) is 1. The van der Waals surface area contributed by atoms with Gasteiger partial charge in [0.05, 0.1) is 24.4 Å². The lowest BCUT2D eigenvalue weighted by atomic mass is 10.3. The van der Waals surface area contributed by atoms with E-state index in [0.717, 1.165) is 0 Å². The van der Waals surface area contributed by atoms with Gasteiger partial charge in [-0.3, -0.25) is 0 Å². The summed E-state index contributed by atoms with van der Waals surface area (Å²) >= 11 is 5.96. The number of halogens is 1. The van der Waals surface area contributed by atoms with Crippen molar-refractivity contribution >= 4 is 17.6 Å². The fourth-order valence-electron chi connectivity index (χ4n) is 1.66. The smallest absolute Gasteiger partial charge is 0.315 e. The largest absolute Gasteiger partial charge is 0.492 e. The molecule has 0 saturated heterocycles. The number of para-hydroxylation sites is 1. The summed E-state index contributed by atoms with van der Waals surface area (Å²) in [7, 11) is 0. The van der Waals surface area contributed by atoms with Gasteiger partial charge in [0.1, 0.15) is 11.5 Å². The zero-order valence-electron chi connectivity index (χ0n) is 11.5. The van der Waals surface area contributed by atoms with Crippen LogP contribution < -0.4 is 15.4 Å². The van der Waals surface area contributed by atoms with E-state index in [1.165, 1.54) is 0 Å². The van der Waals surface area contributed by atoms with Crippen LogP contribution in [-0.2, 0) is 6.54 Å². The number of urea groups is 1. The number of hydrogen-bond donors (Lipinski definition) is 2. The summed E-state index contributed by atoms with van der Waals surface area (Å²) in [6, 6.07) is 10.6. The number of amides is 2. The minimum Gasteiger partial charge on any atom is -0.492 e. The highest BCUT2D eigenvalue weighted by Gasteiger charge is 2.02. The van der Waals surface area contributed by atoms with Crippen molar-refractivity contribution in [2.45, 2.75) is 13.0 Å². The molecule has 0 aliphatic rings. The van der Waals surface area contributed by atoms with Gasteiger partial charge >= 0.3 is 6.03 Å². The Morgan fingerprint density at radius 2 is 2.05 bits per heavy atom. The first-order valence-corrected chi connectivity index (χ1v) is 7.05. The molecule has 5 nitrogen and oxygen atoms in total. The van der Waals surface area contributed by atoms with Crippen molar-refractivity contribution in [1.82, 2.24) is 10.6 Å². The van der Waals surface area contributed by atoms with Crippen molar-refractivity contribution in [2.24, 2.45) is 0 Å². The van der Waals surface area contributed by atoms with Gasteiger partial charge in [0.2, 0.25) is 0 Å². The Labute approximate surface area is 128 Å². The topological polar surface area (TPSA) is 63.5 Å². The molecule has 0 saturated carbocycles. The summed E-state index contributed by atoms with van der Waals surface area (Å²) in [5.41, 5.74) is 0. The maximum Gasteiger partial charge on any atom is 0.315 e. The Morgan fingerprint density at radius 1 is 1.19 bits per heavy atom. The molecule has 1 aromatic carbocycles. The van der Waals surface area contributed by atoms with Gasteiger partial charge in [-0.2, -0.15) is 0 Å². The highest BCUT2D eigenvalue weighted by molar-refractivity contribution is 6.32. The average molecular weight is 309 g/mol. The molecule has 0 atom stereocenters. The highest BCUT2D eigenvalue weighted by Crippen LogP contribution is 2.22. The van der Waals surface area contributed by atoms with E-state index in [2.05, 4.69) is 10.6 Å². The molecule has 21 heavy (non-hydrogen) atoms. The van der Waals surface area contributed by atoms with Crippen molar-refractivity contribution in [3.63, 3.8) is 0 Å². The van der Waals surface area contributed by atoms with Crippen LogP contribution in [0.1, 0.15) is 12.2 Å². The second-order valence-corrected chi connectivity index (χ2v) is 4.73. The Balaban J connectivity index is 1.55. The normalized spacial score (nSPS) is 10.1. The maximum atomic E-state index is 11.5. The third-order valence-corrected chi connectivity index (χ3v) is 3.02. The second kappa shape index (κ2) is 8.21. The number of rotatable bonds is 7. The fraction of sp³-hybridized carbons (Fsp3) is 0.267. The molecule has 1 heterocycles. The van der Waals surface area contributed by atoms with Crippen LogP contribution in [0.2, 0.25) is 5.02 Å². The fourth-order valence-corrected chi connectivity index (χ4v) is 1.85. The maximum absolute atomic E-state index is 11.5. The number of benzene rings is 1. The highest BCUT2D eigenvalue weighted by atomic mass is 35.5. The van der Waals surface area contributed by atoms with Crippen molar-refractivity contribution in [3.8, 4) is 5.75 Å². The minimum absolute atomic E-state index is 0.232. The van der Waals surface area contributed by atoms with E-state index in [-0.39, 0.29) is 6.03 Å². The lowest BCUT2D eigenvalue weighted by molar-refractivity contribution is 0.237. The SMILES string of the molecule is O=C(NCCCOc1ccccc1Cl)NCc1ccco1. The molecule has 2 amide bonds. The summed E-state index contributed by atoms with van der Waals surface area (Å²) in [5, 5.41) is 6.02. The van der Waals surface area contributed by atoms with Crippen LogP contribution in [0.3, 0.4) is 0 Å². The van der Waals surface area contributed by atoms with Crippen LogP contribution in [0.5, 0.6) is 5.75 Å². The number of hydrogen-bond acceptors (Lipinski definition) is 3. The first kappa shape index (κ1) is 15.3. The van der Waals surface area contributed by atoms with Crippen molar-refractivity contribution in [2.75, 3.05) is 13.2 Å². The molecular formula is C15H17ClN2O3. The molecular weight excluding hydrogens is 292 g/mol. The zero-order valence-corrected chi connectivity index (χ0v) is 12.2. The summed E-state index contributed by atoms with van der Waals surface area (Å²) in [6.07, 6.45) is 2.26. The predicted octanol–water partition coefficient (Wildman–Crippen LogP) is 3.20. The molecule has 0 unspecified atom stereocenters. The minimum atomic E-state index is -0.232. The number of carbonyl (C=O) groups is 1. The average Bonchev–Trinajstić information content (AvgIpc) is 3.00. The Kier molecular flexibility index (Phi) is 5.97. The van der Waals surface area contributed by atoms with E-state index < -0.39 is 0 Å². The Hall–Kier alpha value is -2.14. The summed E-state index contributed by atoms with van der Waals surface area (Å²) < 4.78 is 10.6. The molecule has 112 valence electrons. The second-order valence-electron chi connectivity index (χ2n) is 4.32. The number of nitrogens with one attached hydrogen (secondary N) is 2. The van der Waals surface area contributed by atoms with Crippen LogP contribution in [-0.4, -0.2) is 19.2 Å². The predicted molar refractivity (Wildman–Crippen MR) is 80.5 cm³/mol. The molecule has 0 aliphatic heterocycles. The molecule has 1 aromatic heterocycles. The van der Waals surface area contributed by atoms with E-state index in [4.69, 9.17) is 20.8 Å². The molecule has 6 heteroatoms. The van der Waals surface area contributed by atoms with Gasteiger partial charge in [0.25, 0.3) is 0 Å². The number of furan rings is 1. The van der Waals surface area contributed by atoms with Crippen molar-refractivity contribution in [3.05, 3.63) is 53.4 Å². The van der Waals surface area contributed by atoms with Gasteiger partial charge < -0.3 is 19.8 Å². The van der Waals surface area contributed by atoms with Gasteiger partial charge in [-0.1, -0.05) is 23.7 Å². The lowest BCUT2D eigenvalue weighted by Crippen LogP contribution is -2.35. The summed E-state index contributed by atoms with van der Waals surface area (Å²) in [6.45, 7) is 1.38. The van der Waals surface area contributed by atoms with E-state index in [9.17, 15) is 4.79 Å². The van der Waals surface area contributed by atoms with Crippen LogP contribution in [0.25, 0.3) is 0 Å². The van der Waals surface area contributed by atoms with Crippen LogP contribution in [0.15, 0.2) is 47.1 Å². The molecule has 2 rings (SSSR count). The lowest BCUT2D eigenvalue weighted by Gasteiger charge is -2.09. The van der Waals surface area contributed by atoms with Crippen LogP contribution in [0, 0.1) is 0 Å². The third kappa shape index (κ3) is 5.39. The van der Waals surface area contributed by atoms with Crippen molar-refractivity contribution < 1.29 is 13.9 Å². The molecule has 0 fully saturated rings. The van der Waals surface area contributed by atoms with Gasteiger partial charge in [-0.25, -0.2) is 4.79 Å². The molecule has 0 radical (unpaired) electrons. The quantitative estimate of drug-likeness (QED) is 0.772. The van der Waals surface area contributed by atoms with Crippen molar-refractivity contribution in [1.29, 1.82) is 0 Å². The van der Waals surface area contributed by atoms with Gasteiger partial charge in [-0.15, -0.1) is 0 Å². The monoisotopic (exact) mass is 308 g/mol. The first-order valence-electron chi connectivity index (χ1n) is 6.67. The Bertz CT molecular complexity index is 558. The van der Waals surface area contributed by atoms with E-state index in [1.807, 2.05) is 18.2 Å². The molecule has 2 N–H and O–H groups in total. The third-order valence-electron chi connectivity index (χ3n) is 2.70. The van der Waals surface area contributed by atoms with Gasteiger partial charge in [-0.05, 0) is 30.7 Å². The molecule has 0 aliphatic carbocycles. The van der Waals surface area contributed by atoms with E-state index >= 15 is 0 Å². The molecule has 2 aromatic rings. The van der Waals surface area contributed by atoms with Crippen LogP contribution in [0.4, 0.5) is 4.79 Å². The molecule has 0 bridgehead atoms. The molecule has 0 spiro atoms. The van der Waals surface area contributed by atoms with Crippen LogP contribution >= 0.6 is 11.6 Å². The summed E-state index contributed by atoms with van der Waals surface area (Å²) in [5.74, 6) is 1.37. The first-order chi connectivity index (χ1) is 10.3. The number of carbonyl (C=O) groups excluding carboxylic acids is 1. The van der Waals surface area contributed by atoms with Gasteiger partial charge in [0.15, 0.2) is 0 Å². The van der Waals surface area contributed by atoms with E-state index in [0.29, 0.717) is 42.6 Å². The summed E-state index contributed by atoms with van der Waals surface area (Å²) in [4.78, 5) is 11.5. The standard InChI is InChI=1S/C15H17ClN2O3/c16-13-6-1-2-7-14(13)21-10-4-8-17-15(19)18-11-12-5-3-9-20-12/h1-3,5-7,9H,4,8,10-11H2,(H2,17,18,19). The zero-order chi connectivity index (χ0) is 14.9. The van der Waals surface area contributed by atoms with Gasteiger partial charge in [0, 0.05) is 6.54 Å². The Morgan fingerprint density at radius 3 is 2.81 bits per heavy atom. The van der Waals surface area contributed by atoms with E-state index in [1.54, 1.807) is 24.5 Å².